The van der Waals surface area contributed by atoms with Crippen molar-refractivity contribution in [1.82, 2.24) is 10.2 Å². The Morgan fingerprint density at radius 3 is 2.37 bits per heavy atom. The van der Waals surface area contributed by atoms with Crippen molar-refractivity contribution >= 4 is 11.7 Å². The maximum Gasteiger partial charge on any atom is 0.222 e. The zero-order chi connectivity index (χ0) is 14.4. The highest BCUT2D eigenvalue weighted by Gasteiger charge is 2.11. The van der Waals surface area contributed by atoms with Gasteiger partial charge in [0.15, 0.2) is 5.82 Å². The van der Waals surface area contributed by atoms with Gasteiger partial charge in [-0.05, 0) is 31.2 Å². The molecule has 0 radical (unpaired) electrons. The number of anilines is 1. The van der Waals surface area contributed by atoms with E-state index in [0.29, 0.717) is 5.82 Å². The summed E-state index contributed by atoms with van der Waals surface area (Å²) in [4.78, 5) is 10.9. The van der Waals surface area contributed by atoms with Crippen LogP contribution in [0, 0.1) is 12.7 Å². The van der Waals surface area contributed by atoms with E-state index in [1.165, 1.54) is 19.1 Å². The van der Waals surface area contributed by atoms with Gasteiger partial charge in [0.05, 0.1) is 5.69 Å². The van der Waals surface area contributed by atoms with E-state index >= 15 is 0 Å². The van der Waals surface area contributed by atoms with Crippen molar-refractivity contribution in [2.24, 2.45) is 0 Å². The number of carbonyl (C=O) groups excluding carboxylic acids is 1. The summed E-state index contributed by atoms with van der Waals surface area (Å²) >= 11 is 0. The zero-order valence-corrected chi connectivity index (χ0v) is 11.5. The maximum absolute atomic E-state index is 12.8. The van der Waals surface area contributed by atoms with Gasteiger partial charge < -0.3 is 5.32 Å². The van der Waals surface area contributed by atoms with Crippen molar-refractivity contribution in [2.45, 2.75) is 27.7 Å². The number of aromatic nitrogens is 2. The van der Waals surface area contributed by atoms with Crippen LogP contribution in [-0.4, -0.2) is 16.1 Å². The molecule has 0 fully saturated rings. The fourth-order valence-corrected chi connectivity index (χ4v) is 1.58. The molecule has 1 aromatic heterocycles. The molecule has 0 bridgehead atoms. The third-order valence-electron chi connectivity index (χ3n) is 2.44. The highest BCUT2D eigenvalue weighted by Crippen LogP contribution is 2.25. The second-order valence-electron chi connectivity index (χ2n) is 3.76. The summed E-state index contributed by atoms with van der Waals surface area (Å²) in [6.45, 7) is 7.26. The largest absolute Gasteiger partial charge is 0.309 e. The van der Waals surface area contributed by atoms with E-state index in [1.807, 2.05) is 20.8 Å². The standard InChI is InChI=1S/C12H12FN3O.C2H6/c1-7-11(9-3-5-10(13)6-4-9)15-16-12(7)14-8(2)17;1-2/h3-6H,1-2H3,(H2,14,15,16,17);1-2H3. The minimum absolute atomic E-state index is 0.176. The van der Waals surface area contributed by atoms with Gasteiger partial charge in [-0.1, -0.05) is 13.8 Å². The van der Waals surface area contributed by atoms with Crippen LogP contribution >= 0.6 is 0 Å². The zero-order valence-electron chi connectivity index (χ0n) is 11.5. The van der Waals surface area contributed by atoms with Crippen LogP contribution in [0.2, 0.25) is 0 Å². The van der Waals surface area contributed by atoms with Gasteiger partial charge in [0.25, 0.3) is 0 Å². The Morgan fingerprint density at radius 2 is 1.84 bits per heavy atom. The van der Waals surface area contributed by atoms with Gasteiger partial charge in [0.2, 0.25) is 5.91 Å². The fourth-order valence-electron chi connectivity index (χ4n) is 1.58. The molecule has 2 N–H and O–H groups in total. The molecule has 19 heavy (non-hydrogen) atoms. The van der Waals surface area contributed by atoms with Crippen LogP contribution in [0.25, 0.3) is 11.3 Å². The third-order valence-corrected chi connectivity index (χ3v) is 2.44. The van der Waals surface area contributed by atoms with Crippen LogP contribution in [0.1, 0.15) is 26.3 Å². The molecule has 0 aliphatic heterocycles. The van der Waals surface area contributed by atoms with Crippen molar-refractivity contribution < 1.29 is 9.18 Å². The van der Waals surface area contributed by atoms with Crippen molar-refractivity contribution in [3.8, 4) is 11.3 Å². The predicted molar refractivity (Wildman–Crippen MR) is 74.4 cm³/mol. The Morgan fingerprint density at radius 1 is 1.26 bits per heavy atom. The molecule has 1 aromatic carbocycles. The van der Waals surface area contributed by atoms with Gasteiger partial charge in [-0.2, -0.15) is 5.10 Å². The molecule has 0 saturated heterocycles. The molecule has 0 spiro atoms. The first kappa shape index (κ1) is 14.9. The van der Waals surface area contributed by atoms with Crippen LogP contribution in [-0.2, 0) is 4.79 Å². The van der Waals surface area contributed by atoms with Crippen molar-refractivity contribution in [1.29, 1.82) is 0 Å². The number of amides is 1. The summed E-state index contributed by atoms with van der Waals surface area (Å²) in [6, 6.07) is 6.09. The molecule has 4 nitrogen and oxygen atoms in total. The number of H-pyrrole nitrogens is 1. The summed E-state index contributed by atoms with van der Waals surface area (Å²) in [5, 5.41) is 9.45. The van der Waals surface area contributed by atoms with Crippen LogP contribution in [0.15, 0.2) is 24.3 Å². The van der Waals surface area contributed by atoms with Gasteiger partial charge in [0.1, 0.15) is 5.82 Å². The molecule has 1 amide bonds. The minimum atomic E-state index is -0.284. The topological polar surface area (TPSA) is 57.8 Å². The number of hydrogen-bond donors (Lipinski definition) is 2. The van der Waals surface area contributed by atoms with Gasteiger partial charge >= 0.3 is 0 Å². The molecule has 0 aliphatic carbocycles. The molecule has 1 heterocycles. The highest BCUT2D eigenvalue weighted by molar-refractivity contribution is 5.89. The highest BCUT2D eigenvalue weighted by atomic mass is 19.1. The van der Waals surface area contributed by atoms with E-state index in [1.54, 1.807) is 12.1 Å². The Kier molecular flexibility index (Phi) is 5.23. The first-order chi connectivity index (χ1) is 9.08. The SMILES string of the molecule is CC.CC(=O)Nc1n[nH]c(-c2ccc(F)cc2)c1C. The third kappa shape index (κ3) is 3.64. The number of aromatic amines is 1. The number of benzene rings is 1. The first-order valence-electron chi connectivity index (χ1n) is 6.16. The predicted octanol–water partition coefficient (Wildman–Crippen LogP) is 3.51. The molecule has 0 atom stereocenters. The lowest BCUT2D eigenvalue weighted by Crippen LogP contribution is -2.06. The van der Waals surface area contributed by atoms with Gasteiger partial charge in [0, 0.05) is 18.1 Å². The van der Waals surface area contributed by atoms with Crippen molar-refractivity contribution in [3.05, 3.63) is 35.6 Å². The average molecular weight is 263 g/mol. The smallest absolute Gasteiger partial charge is 0.222 e. The molecule has 5 heteroatoms. The number of nitrogens with one attached hydrogen (secondary N) is 2. The van der Waals surface area contributed by atoms with E-state index in [-0.39, 0.29) is 11.7 Å². The number of rotatable bonds is 2. The quantitative estimate of drug-likeness (QED) is 0.871. The average Bonchev–Trinajstić information content (AvgIpc) is 2.74. The number of nitrogens with zero attached hydrogens (tertiary/aromatic N) is 1. The van der Waals surface area contributed by atoms with Gasteiger partial charge in [-0.25, -0.2) is 4.39 Å². The Labute approximate surface area is 112 Å². The van der Waals surface area contributed by atoms with E-state index < -0.39 is 0 Å². The molecule has 0 aliphatic rings. The summed E-state index contributed by atoms with van der Waals surface area (Å²) in [7, 11) is 0. The Bertz CT molecular complexity index is 546. The minimum Gasteiger partial charge on any atom is -0.309 e. The van der Waals surface area contributed by atoms with E-state index in [0.717, 1.165) is 16.8 Å². The summed E-state index contributed by atoms with van der Waals surface area (Å²) in [5.74, 6) is 0.0371. The maximum atomic E-state index is 12.8. The van der Waals surface area contributed by atoms with E-state index in [4.69, 9.17) is 0 Å². The molecule has 2 rings (SSSR count). The lowest BCUT2D eigenvalue weighted by atomic mass is 10.1. The first-order valence-corrected chi connectivity index (χ1v) is 6.16. The lowest BCUT2D eigenvalue weighted by molar-refractivity contribution is -0.114. The summed E-state index contributed by atoms with van der Waals surface area (Å²) in [5.41, 5.74) is 2.42. The van der Waals surface area contributed by atoms with E-state index in [9.17, 15) is 9.18 Å². The summed E-state index contributed by atoms with van der Waals surface area (Å²) in [6.07, 6.45) is 0. The van der Waals surface area contributed by atoms with Crippen LogP contribution in [0.5, 0.6) is 0 Å². The molecule has 102 valence electrons. The van der Waals surface area contributed by atoms with Crippen molar-refractivity contribution in [2.75, 3.05) is 5.32 Å². The van der Waals surface area contributed by atoms with Gasteiger partial charge in [-0.15, -0.1) is 0 Å². The molecule has 2 aromatic rings. The number of halogens is 1. The lowest BCUT2D eigenvalue weighted by Gasteiger charge is -2.01. The normalized spacial score (nSPS) is 9.53. The van der Waals surface area contributed by atoms with Gasteiger partial charge in [-0.3, -0.25) is 9.89 Å². The Hall–Kier alpha value is -2.17. The summed E-state index contributed by atoms with van der Waals surface area (Å²) < 4.78 is 12.8. The van der Waals surface area contributed by atoms with E-state index in [2.05, 4.69) is 15.5 Å². The molecule has 0 unspecified atom stereocenters. The monoisotopic (exact) mass is 263 g/mol. The number of hydrogen-bond acceptors (Lipinski definition) is 2. The van der Waals surface area contributed by atoms with Crippen LogP contribution in [0.4, 0.5) is 10.2 Å². The molecule has 0 saturated carbocycles. The van der Waals surface area contributed by atoms with Crippen LogP contribution in [0.3, 0.4) is 0 Å². The van der Waals surface area contributed by atoms with Crippen LogP contribution < -0.4 is 5.32 Å². The Balaban J connectivity index is 0.000000861. The molecular weight excluding hydrogens is 245 g/mol. The second kappa shape index (κ2) is 6.68. The molecular formula is C14H18FN3O. The second-order valence-corrected chi connectivity index (χ2v) is 3.76. The fraction of sp³-hybridized carbons (Fsp3) is 0.286. The van der Waals surface area contributed by atoms with Crippen molar-refractivity contribution in [3.63, 3.8) is 0 Å². The number of carbonyl (C=O) groups is 1.